The molecule has 0 aromatic heterocycles. The van der Waals surface area contributed by atoms with Crippen molar-refractivity contribution in [2.45, 2.75) is 42.8 Å². The molecule has 2 unspecified atom stereocenters. The molecule has 0 bridgehead atoms. The van der Waals surface area contributed by atoms with E-state index >= 15 is 0 Å². The van der Waals surface area contributed by atoms with E-state index in [1.54, 1.807) is 0 Å². The van der Waals surface area contributed by atoms with Crippen LogP contribution in [0.2, 0.25) is 0 Å². The first kappa shape index (κ1) is 18.3. The lowest BCUT2D eigenvalue weighted by atomic mass is 10.2. The average molecular weight is 368 g/mol. The van der Waals surface area contributed by atoms with Crippen molar-refractivity contribution in [2.24, 2.45) is 0 Å². The molecular weight excluding hydrogens is 344 g/mol. The van der Waals surface area contributed by atoms with Gasteiger partial charge in [0.2, 0.25) is 10.0 Å². The molecule has 8 heteroatoms. The van der Waals surface area contributed by atoms with Crippen LogP contribution in [0.1, 0.15) is 36.0 Å². The van der Waals surface area contributed by atoms with Crippen LogP contribution in [0.15, 0.2) is 29.2 Å². The quantitative estimate of drug-likeness (QED) is 0.750. The van der Waals surface area contributed by atoms with Crippen molar-refractivity contribution in [1.82, 2.24) is 10.0 Å². The van der Waals surface area contributed by atoms with Crippen molar-refractivity contribution in [2.75, 3.05) is 26.3 Å². The number of hydrogen-bond donors (Lipinski definition) is 2. The first-order valence-electron chi connectivity index (χ1n) is 8.66. The minimum absolute atomic E-state index is 0.0577. The van der Waals surface area contributed by atoms with Gasteiger partial charge in [-0.1, -0.05) is 0 Å². The zero-order valence-corrected chi connectivity index (χ0v) is 14.9. The van der Waals surface area contributed by atoms with Crippen molar-refractivity contribution >= 4 is 15.9 Å². The third-order valence-corrected chi connectivity index (χ3v) is 5.91. The Morgan fingerprint density at radius 1 is 1.00 bits per heavy atom. The van der Waals surface area contributed by atoms with E-state index in [0.29, 0.717) is 18.7 Å². The van der Waals surface area contributed by atoms with Crippen molar-refractivity contribution in [3.05, 3.63) is 29.8 Å². The van der Waals surface area contributed by atoms with E-state index in [9.17, 15) is 13.2 Å². The van der Waals surface area contributed by atoms with Crippen LogP contribution < -0.4 is 10.0 Å². The Morgan fingerprint density at radius 3 is 2.16 bits per heavy atom. The van der Waals surface area contributed by atoms with Gasteiger partial charge in [0.1, 0.15) is 0 Å². The summed E-state index contributed by atoms with van der Waals surface area (Å²) in [5.41, 5.74) is 0.427. The maximum absolute atomic E-state index is 12.3. The van der Waals surface area contributed by atoms with Crippen LogP contribution in [0, 0.1) is 0 Å². The van der Waals surface area contributed by atoms with Gasteiger partial charge in [-0.15, -0.1) is 0 Å². The summed E-state index contributed by atoms with van der Waals surface area (Å²) in [4.78, 5) is 12.3. The van der Waals surface area contributed by atoms with Crippen molar-refractivity contribution in [3.63, 3.8) is 0 Å². The van der Waals surface area contributed by atoms with E-state index in [-0.39, 0.29) is 29.6 Å². The summed E-state index contributed by atoms with van der Waals surface area (Å²) >= 11 is 0. The molecule has 0 aliphatic carbocycles. The number of rotatable bonds is 7. The van der Waals surface area contributed by atoms with E-state index in [2.05, 4.69) is 10.0 Å². The summed E-state index contributed by atoms with van der Waals surface area (Å²) in [6.07, 6.45) is 3.82. The molecule has 2 saturated heterocycles. The van der Waals surface area contributed by atoms with E-state index in [1.165, 1.54) is 24.3 Å². The number of ether oxygens (including phenoxy) is 2. The second-order valence-corrected chi connectivity index (χ2v) is 8.12. The first-order chi connectivity index (χ1) is 12.0. The Kier molecular flexibility index (Phi) is 6.06. The van der Waals surface area contributed by atoms with Gasteiger partial charge in [-0.3, -0.25) is 4.79 Å². The molecule has 0 spiro atoms. The summed E-state index contributed by atoms with van der Waals surface area (Å²) in [5, 5.41) is 2.82. The third-order valence-electron chi connectivity index (χ3n) is 4.47. The maximum atomic E-state index is 12.3. The minimum Gasteiger partial charge on any atom is -0.377 e. The fraction of sp³-hybridized carbons (Fsp3) is 0.588. The Hall–Kier alpha value is -1.48. The topological polar surface area (TPSA) is 93.7 Å². The lowest BCUT2D eigenvalue weighted by molar-refractivity contribution is 0.0857. The van der Waals surface area contributed by atoms with Crippen LogP contribution in [0.25, 0.3) is 0 Å². The van der Waals surface area contributed by atoms with Gasteiger partial charge in [-0.05, 0) is 49.9 Å². The standard InChI is InChI=1S/C17H24N2O5S/c20-17(18-11-14-3-1-9-23-14)13-5-7-16(8-6-13)25(21,22)19-12-15-4-2-10-24-15/h5-8,14-15,19H,1-4,9-12H2,(H,18,20). The zero-order chi connectivity index (χ0) is 17.7. The number of sulfonamides is 1. The van der Waals surface area contributed by atoms with Gasteiger partial charge in [0.05, 0.1) is 17.1 Å². The van der Waals surface area contributed by atoms with Gasteiger partial charge in [0, 0.05) is 31.9 Å². The Labute approximate surface area is 148 Å². The average Bonchev–Trinajstić information content (AvgIpc) is 3.31. The largest absolute Gasteiger partial charge is 0.377 e. The van der Waals surface area contributed by atoms with Gasteiger partial charge in [-0.2, -0.15) is 0 Å². The molecule has 3 rings (SSSR count). The SMILES string of the molecule is O=C(NCC1CCCO1)c1ccc(S(=O)(=O)NCC2CCCO2)cc1. The predicted octanol–water partition coefficient (Wildman–Crippen LogP) is 1.05. The highest BCUT2D eigenvalue weighted by Crippen LogP contribution is 2.14. The highest BCUT2D eigenvalue weighted by Gasteiger charge is 2.21. The number of carbonyl (C=O) groups excluding carboxylic acids is 1. The summed E-state index contributed by atoms with van der Waals surface area (Å²) in [6.45, 7) is 2.17. The monoisotopic (exact) mass is 368 g/mol. The highest BCUT2D eigenvalue weighted by atomic mass is 32.2. The summed E-state index contributed by atoms with van der Waals surface area (Å²) < 4.78 is 38.0. The maximum Gasteiger partial charge on any atom is 0.251 e. The van der Waals surface area contributed by atoms with Gasteiger partial charge < -0.3 is 14.8 Å². The molecule has 2 N–H and O–H groups in total. The highest BCUT2D eigenvalue weighted by molar-refractivity contribution is 7.89. The fourth-order valence-corrected chi connectivity index (χ4v) is 4.06. The van der Waals surface area contributed by atoms with E-state index < -0.39 is 10.0 Å². The molecule has 2 heterocycles. The smallest absolute Gasteiger partial charge is 0.251 e. The first-order valence-corrected chi connectivity index (χ1v) is 10.1. The van der Waals surface area contributed by atoms with Gasteiger partial charge in [-0.25, -0.2) is 13.1 Å². The molecule has 1 amide bonds. The Morgan fingerprint density at radius 2 is 1.60 bits per heavy atom. The lowest BCUT2D eigenvalue weighted by Gasteiger charge is -2.12. The molecule has 1 aromatic rings. The molecular formula is C17H24N2O5S. The van der Waals surface area contributed by atoms with E-state index in [0.717, 1.165) is 32.3 Å². The number of carbonyl (C=O) groups is 1. The molecule has 2 aliphatic heterocycles. The molecule has 138 valence electrons. The van der Waals surface area contributed by atoms with E-state index in [4.69, 9.17) is 9.47 Å². The minimum atomic E-state index is -3.60. The molecule has 1 aromatic carbocycles. The molecule has 2 atom stereocenters. The molecule has 2 fully saturated rings. The van der Waals surface area contributed by atoms with Crippen LogP contribution in [0.4, 0.5) is 0 Å². The number of hydrogen-bond acceptors (Lipinski definition) is 5. The van der Waals surface area contributed by atoms with Crippen LogP contribution in [0.5, 0.6) is 0 Å². The molecule has 7 nitrogen and oxygen atoms in total. The predicted molar refractivity (Wildman–Crippen MR) is 91.9 cm³/mol. The second-order valence-electron chi connectivity index (χ2n) is 6.36. The molecule has 2 aliphatic rings. The van der Waals surface area contributed by atoms with Crippen molar-refractivity contribution in [1.29, 1.82) is 0 Å². The normalized spacial score (nSPS) is 23.7. The Bertz CT molecular complexity index is 677. The molecule has 0 saturated carbocycles. The Balaban J connectivity index is 1.53. The van der Waals surface area contributed by atoms with Crippen LogP contribution in [-0.2, 0) is 19.5 Å². The van der Waals surface area contributed by atoms with Crippen molar-refractivity contribution in [3.8, 4) is 0 Å². The summed E-state index contributed by atoms with van der Waals surface area (Å²) in [6, 6.07) is 5.93. The summed E-state index contributed by atoms with van der Waals surface area (Å²) in [5.74, 6) is -0.230. The molecule has 0 radical (unpaired) electrons. The fourth-order valence-electron chi connectivity index (χ4n) is 2.99. The number of amides is 1. The van der Waals surface area contributed by atoms with Crippen LogP contribution in [0.3, 0.4) is 0 Å². The van der Waals surface area contributed by atoms with Gasteiger partial charge >= 0.3 is 0 Å². The molecule has 25 heavy (non-hydrogen) atoms. The van der Waals surface area contributed by atoms with Crippen molar-refractivity contribution < 1.29 is 22.7 Å². The van der Waals surface area contributed by atoms with Crippen LogP contribution >= 0.6 is 0 Å². The van der Waals surface area contributed by atoms with Gasteiger partial charge in [0.25, 0.3) is 5.91 Å². The summed E-state index contributed by atoms with van der Waals surface area (Å²) in [7, 11) is -3.60. The second kappa shape index (κ2) is 8.27. The van der Waals surface area contributed by atoms with Gasteiger partial charge in [0.15, 0.2) is 0 Å². The number of benzene rings is 1. The zero-order valence-electron chi connectivity index (χ0n) is 14.1. The van der Waals surface area contributed by atoms with E-state index in [1.807, 2.05) is 0 Å². The van der Waals surface area contributed by atoms with Crippen LogP contribution in [-0.4, -0.2) is 52.8 Å². The number of nitrogens with one attached hydrogen (secondary N) is 2. The lowest BCUT2D eigenvalue weighted by Crippen LogP contribution is -2.32. The third kappa shape index (κ3) is 5.01.